The van der Waals surface area contributed by atoms with Crippen LogP contribution in [0.3, 0.4) is 0 Å². The summed E-state index contributed by atoms with van der Waals surface area (Å²) >= 11 is 3.30. The highest BCUT2D eigenvalue weighted by molar-refractivity contribution is 9.10. The number of halogens is 1. The summed E-state index contributed by atoms with van der Waals surface area (Å²) < 4.78 is 0.874. The summed E-state index contributed by atoms with van der Waals surface area (Å²) in [6, 6.07) is 16.5. The van der Waals surface area contributed by atoms with Crippen molar-refractivity contribution in [2.75, 3.05) is 5.48 Å². The first kappa shape index (κ1) is 18.4. The largest absolute Gasteiger partial charge is 0.362 e. The number of hydrogen-bond acceptors (Lipinski definition) is 6. The molecule has 0 spiro atoms. The van der Waals surface area contributed by atoms with Crippen LogP contribution in [0.15, 0.2) is 87.8 Å². The lowest BCUT2D eigenvalue weighted by Gasteiger charge is -2.07. The zero-order valence-electron chi connectivity index (χ0n) is 13.9. The lowest BCUT2D eigenvalue weighted by molar-refractivity contribution is 0.0596. The van der Waals surface area contributed by atoms with E-state index in [0.717, 1.165) is 4.47 Å². The quantitative estimate of drug-likeness (QED) is 0.461. The Labute approximate surface area is 163 Å². The van der Waals surface area contributed by atoms with E-state index in [1.165, 1.54) is 12.4 Å². The lowest BCUT2D eigenvalue weighted by atomic mass is 10.2. The molecular formula is C19H13BrN4O3. The number of nitrogens with one attached hydrogen (secondary N) is 1. The molecule has 0 aliphatic rings. The van der Waals surface area contributed by atoms with Gasteiger partial charge in [-0.1, -0.05) is 15.9 Å². The third-order valence-electron chi connectivity index (χ3n) is 3.39. The van der Waals surface area contributed by atoms with Crippen molar-refractivity contribution in [3.63, 3.8) is 0 Å². The molecule has 27 heavy (non-hydrogen) atoms. The topological polar surface area (TPSA) is 93.0 Å². The van der Waals surface area contributed by atoms with E-state index in [1.807, 2.05) is 0 Å². The van der Waals surface area contributed by atoms with Gasteiger partial charge in [-0.15, -0.1) is 10.2 Å². The van der Waals surface area contributed by atoms with E-state index in [2.05, 4.69) is 36.6 Å². The van der Waals surface area contributed by atoms with Gasteiger partial charge in [-0.25, -0.2) is 10.3 Å². The third-order valence-corrected chi connectivity index (χ3v) is 3.92. The highest BCUT2D eigenvalue weighted by Crippen LogP contribution is 2.18. The van der Waals surface area contributed by atoms with Crippen molar-refractivity contribution in [1.29, 1.82) is 0 Å². The molecule has 0 bridgehead atoms. The number of benzene rings is 2. The van der Waals surface area contributed by atoms with Gasteiger partial charge in [0, 0.05) is 22.4 Å². The molecule has 1 amide bonds. The first-order chi connectivity index (χ1) is 13.1. The number of amides is 1. The summed E-state index contributed by atoms with van der Waals surface area (Å²) in [4.78, 5) is 32.7. The van der Waals surface area contributed by atoms with Crippen LogP contribution in [-0.4, -0.2) is 16.9 Å². The third kappa shape index (κ3) is 5.29. The Kier molecular flexibility index (Phi) is 6.01. The standard InChI is InChI=1S/C19H13BrN4O3/c20-15-3-1-14(2-4-15)19(26)27-24-17-7-5-16(6-8-17)22-23-18(25)13-9-11-21-12-10-13/h1-12,24H. The Morgan fingerprint density at radius 2 is 1.56 bits per heavy atom. The predicted octanol–water partition coefficient (Wildman–Crippen LogP) is 4.95. The van der Waals surface area contributed by atoms with Crippen LogP contribution in [0.1, 0.15) is 20.7 Å². The highest BCUT2D eigenvalue weighted by Gasteiger charge is 2.07. The lowest BCUT2D eigenvalue weighted by Crippen LogP contribution is -2.10. The molecule has 3 aromatic rings. The van der Waals surface area contributed by atoms with E-state index in [1.54, 1.807) is 60.7 Å². The molecule has 0 saturated carbocycles. The second kappa shape index (κ2) is 8.81. The summed E-state index contributed by atoms with van der Waals surface area (Å²) in [5.74, 6) is -0.961. The van der Waals surface area contributed by atoms with Crippen LogP contribution in [-0.2, 0) is 4.84 Å². The first-order valence-electron chi connectivity index (χ1n) is 7.81. The second-order valence-corrected chi connectivity index (χ2v) is 6.20. The van der Waals surface area contributed by atoms with Crippen molar-refractivity contribution in [1.82, 2.24) is 4.98 Å². The molecule has 1 heterocycles. The monoisotopic (exact) mass is 424 g/mol. The van der Waals surface area contributed by atoms with Crippen molar-refractivity contribution >= 4 is 39.2 Å². The Morgan fingerprint density at radius 1 is 0.889 bits per heavy atom. The molecule has 3 rings (SSSR count). The summed E-state index contributed by atoms with van der Waals surface area (Å²) in [6.07, 6.45) is 3.03. The van der Waals surface area contributed by atoms with Gasteiger partial charge in [0.1, 0.15) is 0 Å². The molecular weight excluding hydrogens is 412 g/mol. The first-order valence-corrected chi connectivity index (χ1v) is 8.60. The Balaban J connectivity index is 1.55. The number of rotatable bonds is 5. The molecule has 0 radical (unpaired) electrons. The van der Waals surface area contributed by atoms with Crippen LogP contribution in [0.4, 0.5) is 11.4 Å². The summed E-state index contributed by atoms with van der Waals surface area (Å²) in [5.41, 5.74) is 4.44. The minimum atomic E-state index is -0.505. The van der Waals surface area contributed by atoms with E-state index in [-0.39, 0.29) is 0 Å². The number of nitrogens with zero attached hydrogens (tertiary/aromatic N) is 3. The van der Waals surface area contributed by atoms with Gasteiger partial charge in [-0.05, 0) is 60.7 Å². The molecule has 0 aliphatic heterocycles. The molecule has 134 valence electrons. The zero-order chi connectivity index (χ0) is 19.1. The predicted molar refractivity (Wildman–Crippen MR) is 103 cm³/mol. The maximum Gasteiger partial charge on any atom is 0.362 e. The Bertz CT molecular complexity index is 959. The van der Waals surface area contributed by atoms with Crippen molar-refractivity contribution in [2.24, 2.45) is 10.2 Å². The normalized spacial score (nSPS) is 10.6. The fourth-order valence-electron chi connectivity index (χ4n) is 2.00. The highest BCUT2D eigenvalue weighted by atomic mass is 79.9. The maximum atomic E-state index is 11.9. The molecule has 0 aliphatic carbocycles. The molecule has 0 unspecified atom stereocenters. The van der Waals surface area contributed by atoms with E-state index in [0.29, 0.717) is 22.5 Å². The van der Waals surface area contributed by atoms with Crippen molar-refractivity contribution in [2.45, 2.75) is 0 Å². The molecule has 7 nitrogen and oxygen atoms in total. The van der Waals surface area contributed by atoms with Crippen LogP contribution in [0, 0.1) is 0 Å². The maximum absolute atomic E-state index is 11.9. The van der Waals surface area contributed by atoms with Gasteiger partial charge in [0.2, 0.25) is 0 Å². The molecule has 0 saturated heterocycles. The van der Waals surface area contributed by atoms with Crippen LogP contribution >= 0.6 is 15.9 Å². The van der Waals surface area contributed by atoms with Crippen LogP contribution in [0.2, 0.25) is 0 Å². The molecule has 0 fully saturated rings. The Morgan fingerprint density at radius 3 is 2.22 bits per heavy atom. The molecule has 8 heteroatoms. The number of hydrogen-bond donors (Lipinski definition) is 1. The van der Waals surface area contributed by atoms with Crippen LogP contribution in [0.25, 0.3) is 0 Å². The van der Waals surface area contributed by atoms with E-state index in [9.17, 15) is 9.59 Å². The van der Waals surface area contributed by atoms with E-state index in [4.69, 9.17) is 4.84 Å². The SMILES string of the molecule is O=C(N=Nc1ccc(NOC(=O)c2ccc(Br)cc2)cc1)c1ccncc1. The second-order valence-electron chi connectivity index (χ2n) is 5.29. The van der Waals surface area contributed by atoms with Gasteiger partial charge in [0.25, 0.3) is 5.91 Å². The van der Waals surface area contributed by atoms with Gasteiger partial charge in [-0.2, -0.15) is 0 Å². The molecule has 0 atom stereocenters. The minimum absolute atomic E-state index is 0.409. The van der Waals surface area contributed by atoms with Gasteiger partial charge >= 0.3 is 5.97 Å². The zero-order valence-corrected chi connectivity index (χ0v) is 15.5. The fourth-order valence-corrected chi connectivity index (χ4v) is 2.27. The average molecular weight is 425 g/mol. The smallest absolute Gasteiger partial charge is 0.338 e. The minimum Gasteiger partial charge on any atom is -0.338 e. The van der Waals surface area contributed by atoms with Gasteiger partial charge in [0.15, 0.2) is 0 Å². The summed E-state index contributed by atoms with van der Waals surface area (Å²) in [5, 5.41) is 7.55. The average Bonchev–Trinajstić information content (AvgIpc) is 2.72. The van der Waals surface area contributed by atoms with Crippen molar-refractivity contribution < 1.29 is 14.4 Å². The molecule has 1 aromatic heterocycles. The van der Waals surface area contributed by atoms with Gasteiger partial charge in [0.05, 0.1) is 16.9 Å². The van der Waals surface area contributed by atoms with E-state index < -0.39 is 11.9 Å². The van der Waals surface area contributed by atoms with Crippen molar-refractivity contribution in [3.8, 4) is 0 Å². The number of carbonyl (C=O) groups is 2. The van der Waals surface area contributed by atoms with Crippen LogP contribution < -0.4 is 5.48 Å². The number of pyridine rings is 1. The van der Waals surface area contributed by atoms with Gasteiger partial charge < -0.3 is 4.84 Å². The number of anilines is 1. The Hall–Kier alpha value is -3.39. The summed E-state index contributed by atoms with van der Waals surface area (Å²) in [7, 11) is 0. The summed E-state index contributed by atoms with van der Waals surface area (Å²) in [6.45, 7) is 0. The van der Waals surface area contributed by atoms with Gasteiger partial charge in [-0.3, -0.25) is 9.78 Å². The van der Waals surface area contributed by atoms with Crippen molar-refractivity contribution in [3.05, 3.63) is 88.7 Å². The number of carbonyl (C=O) groups excluding carboxylic acids is 2. The number of aromatic nitrogens is 1. The van der Waals surface area contributed by atoms with E-state index >= 15 is 0 Å². The van der Waals surface area contributed by atoms with Crippen LogP contribution in [0.5, 0.6) is 0 Å². The molecule has 2 aromatic carbocycles. The number of azo groups is 1. The fraction of sp³-hybridized carbons (Fsp3) is 0. The molecule has 1 N–H and O–H groups in total.